The van der Waals surface area contributed by atoms with Crippen LogP contribution in [0.4, 0.5) is 5.69 Å². The van der Waals surface area contributed by atoms with E-state index in [2.05, 4.69) is 5.32 Å². The Kier molecular flexibility index (Phi) is 8.33. The summed E-state index contributed by atoms with van der Waals surface area (Å²) in [5, 5.41) is 2.74. The van der Waals surface area contributed by atoms with Crippen molar-refractivity contribution in [3.05, 3.63) is 53.6 Å². The van der Waals surface area contributed by atoms with Gasteiger partial charge in [0, 0.05) is 38.8 Å². The molecule has 0 bridgehead atoms. The van der Waals surface area contributed by atoms with Gasteiger partial charge in [-0.25, -0.2) is 0 Å². The van der Waals surface area contributed by atoms with Gasteiger partial charge in [-0.15, -0.1) is 0 Å². The second kappa shape index (κ2) is 10.9. The van der Waals surface area contributed by atoms with Gasteiger partial charge in [0.25, 0.3) is 5.91 Å². The van der Waals surface area contributed by atoms with Crippen LogP contribution in [0.15, 0.2) is 42.5 Å². The number of aryl methyl sites for hydroxylation is 1. The number of nitrogens with zero attached hydrogens (tertiary/aromatic N) is 1. The number of nitrogens with one attached hydrogen (secondary N) is 1. The maximum absolute atomic E-state index is 11.9. The molecule has 2 aromatic rings. The van der Waals surface area contributed by atoms with E-state index in [-0.39, 0.29) is 18.9 Å². The molecular formula is C22H28N2O5. The highest BCUT2D eigenvalue weighted by atomic mass is 16.5. The van der Waals surface area contributed by atoms with Crippen molar-refractivity contribution in [1.82, 2.24) is 5.32 Å². The summed E-state index contributed by atoms with van der Waals surface area (Å²) >= 11 is 0. The number of hydrogen-bond donors (Lipinski definition) is 1. The van der Waals surface area contributed by atoms with E-state index in [1.54, 1.807) is 20.3 Å². The molecule has 156 valence electrons. The zero-order valence-corrected chi connectivity index (χ0v) is 17.4. The fraction of sp³-hybridized carbons (Fsp3) is 0.364. The van der Waals surface area contributed by atoms with E-state index in [1.165, 1.54) is 0 Å². The average molecular weight is 400 g/mol. The van der Waals surface area contributed by atoms with Crippen LogP contribution in [0.2, 0.25) is 0 Å². The lowest BCUT2D eigenvalue weighted by Gasteiger charge is -2.13. The molecule has 0 aliphatic heterocycles. The summed E-state index contributed by atoms with van der Waals surface area (Å²) in [6.07, 6.45) is 0.627. The summed E-state index contributed by atoms with van der Waals surface area (Å²) in [5.74, 6) is 0.548. The monoisotopic (exact) mass is 400 g/mol. The van der Waals surface area contributed by atoms with E-state index >= 15 is 0 Å². The van der Waals surface area contributed by atoms with Gasteiger partial charge in [-0.2, -0.15) is 0 Å². The molecule has 29 heavy (non-hydrogen) atoms. The van der Waals surface area contributed by atoms with Gasteiger partial charge in [-0.05, 0) is 41.8 Å². The van der Waals surface area contributed by atoms with E-state index in [0.717, 1.165) is 16.8 Å². The number of amides is 1. The van der Waals surface area contributed by atoms with Crippen molar-refractivity contribution in [1.29, 1.82) is 0 Å². The molecule has 0 aliphatic rings. The Hall–Kier alpha value is -3.22. The van der Waals surface area contributed by atoms with Crippen LogP contribution in [-0.4, -0.2) is 46.8 Å². The Morgan fingerprint density at radius 3 is 2.10 bits per heavy atom. The van der Waals surface area contributed by atoms with Crippen molar-refractivity contribution in [2.45, 2.75) is 19.4 Å². The summed E-state index contributed by atoms with van der Waals surface area (Å²) in [6, 6.07) is 13.3. The number of benzene rings is 2. The first-order chi connectivity index (χ1) is 13.9. The lowest BCUT2D eigenvalue weighted by Crippen LogP contribution is -2.28. The van der Waals surface area contributed by atoms with Crippen molar-refractivity contribution in [2.24, 2.45) is 0 Å². The molecule has 0 heterocycles. The Morgan fingerprint density at radius 2 is 1.55 bits per heavy atom. The van der Waals surface area contributed by atoms with Crippen molar-refractivity contribution in [3.63, 3.8) is 0 Å². The van der Waals surface area contributed by atoms with Crippen LogP contribution in [0.25, 0.3) is 0 Å². The zero-order valence-electron chi connectivity index (χ0n) is 17.4. The molecule has 0 saturated heterocycles. The molecule has 2 aromatic carbocycles. The lowest BCUT2D eigenvalue weighted by molar-refractivity contribution is -0.148. The van der Waals surface area contributed by atoms with Crippen molar-refractivity contribution < 1.29 is 23.8 Å². The van der Waals surface area contributed by atoms with Crippen LogP contribution in [0.5, 0.6) is 11.5 Å². The van der Waals surface area contributed by atoms with Gasteiger partial charge >= 0.3 is 5.97 Å². The zero-order chi connectivity index (χ0) is 21.2. The summed E-state index contributed by atoms with van der Waals surface area (Å²) in [7, 11) is 7.08. The molecule has 2 rings (SSSR count). The van der Waals surface area contributed by atoms with E-state index in [4.69, 9.17) is 14.2 Å². The largest absolute Gasteiger partial charge is 0.497 e. The van der Waals surface area contributed by atoms with Crippen LogP contribution in [0.1, 0.15) is 17.5 Å². The van der Waals surface area contributed by atoms with Gasteiger partial charge in [0.05, 0.1) is 14.2 Å². The number of anilines is 1. The standard InChI is InChI=1S/C22H28N2O5/c1-24(2)18-8-5-16(6-9-18)14-23-21(25)15-29-22(26)10-7-17-11-19(27-3)13-20(12-17)28-4/h5-6,8-9,11-13H,7,10,14-15H2,1-4H3,(H,23,25). The van der Waals surface area contributed by atoms with Crippen molar-refractivity contribution >= 4 is 17.6 Å². The summed E-state index contributed by atoms with van der Waals surface area (Å²) in [4.78, 5) is 25.8. The number of hydrogen-bond acceptors (Lipinski definition) is 6. The smallest absolute Gasteiger partial charge is 0.306 e. The maximum Gasteiger partial charge on any atom is 0.306 e. The predicted octanol–water partition coefficient (Wildman–Crippen LogP) is 2.56. The van der Waals surface area contributed by atoms with Crippen LogP contribution < -0.4 is 19.7 Å². The molecule has 7 nitrogen and oxygen atoms in total. The normalized spacial score (nSPS) is 10.2. The molecular weight excluding hydrogens is 372 g/mol. The van der Waals surface area contributed by atoms with E-state index < -0.39 is 5.97 Å². The molecule has 0 aromatic heterocycles. The van der Waals surface area contributed by atoms with Crippen molar-refractivity contribution in [2.75, 3.05) is 39.8 Å². The van der Waals surface area contributed by atoms with Gasteiger partial charge < -0.3 is 24.4 Å². The lowest BCUT2D eigenvalue weighted by atomic mass is 10.1. The van der Waals surface area contributed by atoms with Gasteiger partial charge in [0.15, 0.2) is 6.61 Å². The highest BCUT2D eigenvalue weighted by molar-refractivity contribution is 5.80. The second-order valence-corrected chi connectivity index (χ2v) is 6.72. The van der Waals surface area contributed by atoms with E-state index in [0.29, 0.717) is 24.5 Å². The van der Waals surface area contributed by atoms with Gasteiger partial charge in [0.2, 0.25) is 0 Å². The fourth-order valence-electron chi connectivity index (χ4n) is 2.64. The minimum absolute atomic E-state index is 0.162. The first kappa shape index (κ1) is 22.1. The Morgan fingerprint density at radius 1 is 0.931 bits per heavy atom. The Balaban J connectivity index is 1.72. The first-order valence-electron chi connectivity index (χ1n) is 9.32. The highest BCUT2D eigenvalue weighted by Gasteiger charge is 2.09. The third kappa shape index (κ3) is 7.37. The van der Waals surface area contributed by atoms with Crippen LogP contribution in [0.3, 0.4) is 0 Å². The molecule has 7 heteroatoms. The average Bonchev–Trinajstić information content (AvgIpc) is 2.74. The number of carbonyl (C=O) groups is 2. The molecule has 0 aliphatic carbocycles. The van der Waals surface area contributed by atoms with Crippen LogP contribution >= 0.6 is 0 Å². The Bertz CT molecular complexity index is 796. The number of carbonyl (C=O) groups excluding carboxylic acids is 2. The summed E-state index contributed by atoms with van der Waals surface area (Å²) in [6.45, 7) is 0.0870. The summed E-state index contributed by atoms with van der Waals surface area (Å²) in [5.41, 5.74) is 2.95. The molecule has 0 unspecified atom stereocenters. The molecule has 0 radical (unpaired) electrons. The van der Waals surface area contributed by atoms with E-state index in [9.17, 15) is 9.59 Å². The van der Waals surface area contributed by atoms with Gasteiger partial charge in [-0.3, -0.25) is 9.59 Å². The quantitative estimate of drug-likeness (QED) is 0.618. The summed E-state index contributed by atoms with van der Waals surface area (Å²) < 4.78 is 15.5. The molecule has 1 amide bonds. The van der Waals surface area contributed by atoms with Gasteiger partial charge in [0.1, 0.15) is 11.5 Å². The number of rotatable bonds is 10. The third-order valence-corrected chi connectivity index (χ3v) is 4.34. The number of methoxy groups -OCH3 is 2. The Labute approximate surface area is 171 Å². The highest BCUT2D eigenvalue weighted by Crippen LogP contribution is 2.23. The SMILES string of the molecule is COc1cc(CCC(=O)OCC(=O)NCc2ccc(N(C)C)cc2)cc(OC)c1. The molecule has 0 fully saturated rings. The van der Waals surface area contributed by atoms with E-state index in [1.807, 2.05) is 55.4 Å². The fourth-order valence-corrected chi connectivity index (χ4v) is 2.64. The minimum atomic E-state index is -0.433. The number of ether oxygens (including phenoxy) is 3. The maximum atomic E-state index is 11.9. The minimum Gasteiger partial charge on any atom is -0.497 e. The second-order valence-electron chi connectivity index (χ2n) is 6.72. The number of esters is 1. The molecule has 0 spiro atoms. The van der Waals surface area contributed by atoms with Gasteiger partial charge in [-0.1, -0.05) is 12.1 Å². The topological polar surface area (TPSA) is 77.1 Å². The molecule has 1 N–H and O–H groups in total. The third-order valence-electron chi connectivity index (χ3n) is 4.34. The first-order valence-corrected chi connectivity index (χ1v) is 9.32. The van der Waals surface area contributed by atoms with Crippen molar-refractivity contribution in [3.8, 4) is 11.5 Å². The molecule has 0 saturated carbocycles. The molecule has 0 atom stereocenters. The van der Waals surface area contributed by atoms with Crippen LogP contribution in [0, 0.1) is 0 Å². The predicted molar refractivity (Wildman–Crippen MR) is 111 cm³/mol. The van der Waals surface area contributed by atoms with Crippen LogP contribution in [-0.2, 0) is 27.3 Å².